The number of nitriles is 1. The molecule has 6 heteroatoms. The van der Waals surface area contributed by atoms with Crippen molar-refractivity contribution in [1.29, 1.82) is 5.26 Å². The van der Waals surface area contributed by atoms with E-state index in [0.717, 1.165) is 23.5 Å². The predicted molar refractivity (Wildman–Crippen MR) is 95.1 cm³/mol. The lowest BCUT2D eigenvalue weighted by molar-refractivity contribution is -0.121. The van der Waals surface area contributed by atoms with Crippen LogP contribution in [0.25, 0.3) is 5.65 Å². The molecule has 1 aliphatic rings. The minimum atomic E-state index is 0.0997. The molecule has 0 aliphatic heterocycles. The first-order chi connectivity index (χ1) is 12.1. The lowest BCUT2D eigenvalue weighted by atomic mass is 9.89. The first-order valence-corrected chi connectivity index (χ1v) is 9.10. The first-order valence-electron chi connectivity index (χ1n) is 9.10. The van der Waals surface area contributed by atoms with Gasteiger partial charge in [-0.1, -0.05) is 19.3 Å². The Morgan fingerprint density at radius 2 is 2.12 bits per heavy atom. The highest BCUT2D eigenvalue weighted by molar-refractivity contribution is 5.76. The number of aryl methyl sites for hydroxylation is 2. The molecule has 0 saturated heterocycles. The summed E-state index contributed by atoms with van der Waals surface area (Å²) in [7, 11) is 0. The highest BCUT2D eigenvalue weighted by Crippen LogP contribution is 2.23. The molecule has 0 spiro atoms. The van der Waals surface area contributed by atoms with Gasteiger partial charge in [-0.2, -0.15) is 10.4 Å². The van der Waals surface area contributed by atoms with Crippen LogP contribution in [-0.4, -0.2) is 27.0 Å². The second kappa shape index (κ2) is 7.64. The molecule has 1 N–H and O–H groups in total. The zero-order valence-corrected chi connectivity index (χ0v) is 15.0. The van der Waals surface area contributed by atoms with E-state index in [1.54, 1.807) is 4.52 Å². The molecular formula is C19H25N5O. The van der Waals surface area contributed by atoms with Gasteiger partial charge in [-0.25, -0.2) is 9.50 Å². The van der Waals surface area contributed by atoms with Gasteiger partial charge in [-0.05, 0) is 44.6 Å². The Kier molecular flexibility index (Phi) is 5.32. The number of carbonyl (C=O) groups is 1. The predicted octanol–water partition coefficient (Wildman–Crippen LogP) is 2.85. The van der Waals surface area contributed by atoms with Crippen molar-refractivity contribution in [3.05, 3.63) is 28.7 Å². The first kappa shape index (κ1) is 17.4. The second-order valence-corrected chi connectivity index (χ2v) is 6.97. The fourth-order valence-electron chi connectivity index (χ4n) is 3.73. The van der Waals surface area contributed by atoms with Crippen molar-refractivity contribution in [1.82, 2.24) is 19.9 Å². The third-order valence-corrected chi connectivity index (χ3v) is 5.24. The van der Waals surface area contributed by atoms with Gasteiger partial charge in [0.1, 0.15) is 11.6 Å². The summed E-state index contributed by atoms with van der Waals surface area (Å²) in [6.45, 7) is 4.69. The fraction of sp³-hybridized carbons (Fsp3) is 0.579. The van der Waals surface area contributed by atoms with E-state index in [1.165, 1.54) is 38.3 Å². The average Bonchev–Trinajstić information content (AvgIpc) is 3.03. The topological polar surface area (TPSA) is 83.1 Å². The van der Waals surface area contributed by atoms with Crippen LogP contribution >= 0.6 is 0 Å². The van der Waals surface area contributed by atoms with Crippen molar-refractivity contribution in [2.75, 3.05) is 6.54 Å². The molecule has 0 radical (unpaired) electrons. The van der Waals surface area contributed by atoms with Crippen molar-refractivity contribution in [2.45, 2.75) is 58.8 Å². The van der Waals surface area contributed by atoms with Gasteiger partial charge in [0.2, 0.25) is 5.91 Å². The molecule has 2 heterocycles. The molecule has 1 amide bonds. The Morgan fingerprint density at radius 3 is 2.84 bits per heavy atom. The lowest BCUT2D eigenvalue weighted by Crippen LogP contribution is -2.30. The molecule has 0 unspecified atom stereocenters. The Hall–Kier alpha value is -2.42. The van der Waals surface area contributed by atoms with Gasteiger partial charge in [0.05, 0.1) is 6.20 Å². The Labute approximate surface area is 148 Å². The van der Waals surface area contributed by atoms with E-state index < -0.39 is 0 Å². The van der Waals surface area contributed by atoms with Crippen LogP contribution in [0.5, 0.6) is 0 Å². The molecular weight excluding hydrogens is 314 g/mol. The smallest absolute Gasteiger partial charge is 0.220 e. The second-order valence-electron chi connectivity index (χ2n) is 6.97. The van der Waals surface area contributed by atoms with Gasteiger partial charge < -0.3 is 5.32 Å². The third kappa shape index (κ3) is 3.81. The standard InChI is InChI=1S/C19H25N5O/c1-13-17(14(2)24-19(23-13)16(10-20)12-22-24)8-9-18(25)21-11-15-6-4-3-5-7-15/h12,15H,3-9,11H2,1-2H3,(H,21,25). The molecule has 0 atom stereocenters. The number of hydrogen-bond acceptors (Lipinski definition) is 4. The zero-order valence-electron chi connectivity index (χ0n) is 15.0. The molecule has 132 valence electrons. The van der Waals surface area contributed by atoms with Gasteiger partial charge in [0.15, 0.2) is 5.65 Å². The van der Waals surface area contributed by atoms with Crippen molar-refractivity contribution in [3.8, 4) is 6.07 Å². The maximum Gasteiger partial charge on any atom is 0.220 e. The normalized spacial score (nSPS) is 15.2. The van der Waals surface area contributed by atoms with Crippen LogP contribution in [0.1, 0.15) is 61.0 Å². The molecule has 2 aromatic heterocycles. The van der Waals surface area contributed by atoms with E-state index in [4.69, 9.17) is 5.26 Å². The minimum Gasteiger partial charge on any atom is -0.356 e. The van der Waals surface area contributed by atoms with Crippen LogP contribution in [0.3, 0.4) is 0 Å². The summed E-state index contributed by atoms with van der Waals surface area (Å²) in [5, 5.41) is 16.5. The largest absolute Gasteiger partial charge is 0.356 e. The van der Waals surface area contributed by atoms with Gasteiger partial charge in [-0.15, -0.1) is 0 Å². The van der Waals surface area contributed by atoms with Gasteiger partial charge in [0.25, 0.3) is 0 Å². The van der Waals surface area contributed by atoms with Gasteiger partial charge >= 0.3 is 0 Å². The SMILES string of the molecule is Cc1nc2c(C#N)cnn2c(C)c1CCC(=O)NCC1CCCCC1. The molecule has 0 bridgehead atoms. The zero-order chi connectivity index (χ0) is 17.8. The van der Waals surface area contributed by atoms with E-state index in [0.29, 0.717) is 30.0 Å². The number of aromatic nitrogens is 3. The van der Waals surface area contributed by atoms with Crippen LogP contribution < -0.4 is 5.32 Å². The van der Waals surface area contributed by atoms with E-state index >= 15 is 0 Å². The monoisotopic (exact) mass is 339 g/mol. The van der Waals surface area contributed by atoms with E-state index in [1.807, 2.05) is 13.8 Å². The minimum absolute atomic E-state index is 0.0997. The van der Waals surface area contributed by atoms with E-state index in [-0.39, 0.29) is 5.91 Å². The third-order valence-electron chi connectivity index (χ3n) is 5.24. The fourth-order valence-corrected chi connectivity index (χ4v) is 3.73. The van der Waals surface area contributed by atoms with E-state index in [2.05, 4.69) is 21.5 Å². The number of nitrogens with one attached hydrogen (secondary N) is 1. The Balaban J connectivity index is 1.62. The van der Waals surface area contributed by atoms with Crippen molar-refractivity contribution < 1.29 is 4.79 Å². The van der Waals surface area contributed by atoms with Crippen molar-refractivity contribution in [3.63, 3.8) is 0 Å². The number of carbonyl (C=O) groups excluding carboxylic acids is 1. The van der Waals surface area contributed by atoms with Crippen LogP contribution in [0.15, 0.2) is 6.20 Å². The Morgan fingerprint density at radius 1 is 1.36 bits per heavy atom. The molecule has 3 rings (SSSR count). The number of hydrogen-bond donors (Lipinski definition) is 1. The van der Waals surface area contributed by atoms with Gasteiger partial charge in [0, 0.05) is 24.4 Å². The lowest BCUT2D eigenvalue weighted by Gasteiger charge is -2.21. The molecule has 0 aromatic carbocycles. The number of amides is 1. The van der Waals surface area contributed by atoms with Crippen LogP contribution in [0.2, 0.25) is 0 Å². The average molecular weight is 339 g/mol. The molecule has 1 saturated carbocycles. The molecule has 25 heavy (non-hydrogen) atoms. The summed E-state index contributed by atoms with van der Waals surface area (Å²) in [6, 6.07) is 2.11. The number of rotatable bonds is 5. The van der Waals surface area contributed by atoms with Crippen LogP contribution in [0.4, 0.5) is 0 Å². The Bertz CT molecular complexity index is 811. The van der Waals surface area contributed by atoms with E-state index in [9.17, 15) is 4.79 Å². The summed E-state index contributed by atoms with van der Waals surface area (Å²) in [5.74, 6) is 0.746. The molecule has 1 fully saturated rings. The highest BCUT2D eigenvalue weighted by atomic mass is 16.1. The number of nitrogens with zero attached hydrogens (tertiary/aromatic N) is 4. The highest BCUT2D eigenvalue weighted by Gasteiger charge is 2.16. The number of fused-ring (bicyclic) bond motifs is 1. The quantitative estimate of drug-likeness (QED) is 0.908. The van der Waals surface area contributed by atoms with Crippen molar-refractivity contribution >= 4 is 11.6 Å². The summed E-state index contributed by atoms with van der Waals surface area (Å²) in [4.78, 5) is 16.7. The molecule has 1 aliphatic carbocycles. The summed E-state index contributed by atoms with van der Waals surface area (Å²) >= 11 is 0. The van der Waals surface area contributed by atoms with Crippen molar-refractivity contribution in [2.24, 2.45) is 5.92 Å². The summed E-state index contributed by atoms with van der Waals surface area (Å²) in [6.07, 6.45) is 9.01. The summed E-state index contributed by atoms with van der Waals surface area (Å²) < 4.78 is 1.70. The van der Waals surface area contributed by atoms with Crippen LogP contribution in [-0.2, 0) is 11.2 Å². The maximum atomic E-state index is 12.2. The van der Waals surface area contributed by atoms with Gasteiger partial charge in [-0.3, -0.25) is 4.79 Å². The van der Waals surface area contributed by atoms with Crippen LogP contribution in [0, 0.1) is 31.1 Å². The summed E-state index contributed by atoms with van der Waals surface area (Å²) in [5.41, 5.74) is 3.91. The molecule has 6 nitrogen and oxygen atoms in total. The molecule has 2 aromatic rings. The maximum absolute atomic E-state index is 12.2.